The molecule has 0 heterocycles. The maximum absolute atomic E-state index is 12.0. The Balaban J connectivity index is 2.06. The Kier molecular flexibility index (Phi) is 7.07. The van der Waals surface area contributed by atoms with E-state index in [1.54, 1.807) is 19.3 Å². The largest absolute Gasteiger partial charge is 0.493 e. The van der Waals surface area contributed by atoms with Crippen LogP contribution in [0.25, 0.3) is 6.08 Å². The lowest BCUT2D eigenvalue weighted by Gasteiger charge is -2.10. The highest BCUT2D eigenvalue weighted by molar-refractivity contribution is 9.10. The molecule has 0 fully saturated rings. The molecule has 25 heavy (non-hydrogen) atoms. The summed E-state index contributed by atoms with van der Waals surface area (Å²) in [6, 6.07) is 11.0. The van der Waals surface area contributed by atoms with Gasteiger partial charge in [0.25, 0.3) is 0 Å². The van der Waals surface area contributed by atoms with Crippen molar-refractivity contribution in [3.05, 3.63) is 58.1 Å². The third-order valence-corrected chi connectivity index (χ3v) is 3.98. The van der Waals surface area contributed by atoms with Crippen molar-refractivity contribution in [1.82, 2.24) is 0 Å². The van der Waals surface area contributed by atoms with E-state index in [0.29, 0.717) is 23.9 Å². The zero-order valence-electron chi connectivity index (χ0n) is 14.5. The average Bonchev–Trinajstić information content (AvgIpc) is 2.60. The predicted octanol–water partition coefficient (Wildman–Crippen LogP) is 5.17. The maximum atomic E-state index is 12.0. The van der Waals surface area contributed by atoms with Gasteiger partial charge in [-0.2, -0.15) is 0 Å². The summed E-state index contributed by atoms with van der Waals surface area (Å²) in [6.07, 6.45) is 3.98. The molecule has 0 saturated heterocycles. The van der Waals surface area contributed by atoms with Gasteiger partial charge >= 0.3 is 5.97 Å². The molecule has 0 atom stereocenters. The summed E-state index contributed by atoms with van der Waals surface area (Å²) in [7, 11) is 1.59. The first-order valence-corrected chi connectivity index (χ1v) is 8.79. The van der Waals surface area contributed by atoms with Crippen LogP contribution >= 0.6 is 15.9 Å². The summed E-state index contributed by atoms with van der Waals surface area (Å²) >= 11 is 3.39. The molecule has 0 amide bonds. The molecule has 0 aliphatic carbocycles. The van der Waals surface area contributed by atoms with Crippen molar-refractivity contribution < 1.29 is 19.0 Å². The third-order valence-electron chi connectivity index (χ3n) is 3.36. The smallest absolute Gasteiger partial charge is 0.336 e. The van der Waals surface area contributed by atoms with Crippen LogP contribution < -0.4 is 14.2 Å². The molecule has 0 aliphatic heterocycles. The molecule has 0 saturated carbocycles. The van der Waals surface area contributed by atoms with Gasteiger partial charge in [-0.05, 0) is 70.7 Å². The van der Waals surface area contributed by atoms with Gasteiger partial charge in [-0.1, -0.05) is 19.1 Å². The molecule has 0 bridgehead atoms. The van der Waals surface area contributed by atoms with Gasteiger partial charge in [0.15, 0.2) is 11.5 Å². The van der Waals surface area contributed by atoms with Crippen molar-refractivity contribution in [2.45, 2.75) is 20.3 Å². The van der Waals surface area contributed by atoms with E-state index in [1.807, 2.05) is 44.2 Å². The molecule has 0 aromatic heterocycles. The Labute approximate surface area is 156 Å². The summed E-state index contributed by atoms with van der Waals surface area (Å²) in [6.45, 7) is 4.64. The molecule has 0 unspecified atom stereocenters. The number of rotatable bonds is 7. The van der Waals surface area contributed by atoms with Gasteiger partial charge in [-0.3, -0.25) is 0 Å². The quantitative estimate of drug-likeness (QED) is 0.362. The van der Waals surface area contributed by atoms with Crippen molar-refractivity contribution in [3.8, 4) is 17.2 Å². The van der Waals surface area contributed by atoms with Crippen LogP contribution in [-0.2, 0) is 4.79 Å². The Hall–Kier alpha value is -2.27. The molecule has 0 aliphatic rings. The Bertz CT molecular complexity index is 768. The first-order valence-electron chi connectivity index (χ1n) is 8.00. The lowest BCUT2D eigenvalue weighted by atomic mass is 10.2. The van der Waals surface area contributed by atoms with Crippen LogP contribution in [0.5, 0.6) is 17.2 Å². The molecule has 2 aromatic rings. The van der Waals surface area contributed by atoms with E-state index in [-0.39, 0.29) is 0 Å². The van der Waals surface area contributed by atoms with Crippen molar-refractivity contribution in [3.63, 3.8) is 0 Å². The first-order chi connectivity index (χ1) is 12.0. The SMILES string of the molecule is CCCOc1ccc(/C=C/C(=O)Oc2ccc(C)cc2Br)cc1OC. The molecule has 5 heteroatoms. The number of methoxy groups -OCH3 is 1. The molecule has 132 valence electrons. The van der Waals surface area contributed by atoms with E-state index in [9.17, 15) is 4.79 Å². The molecule has 4 nitrogen and oxygen atoms in total. The summed E-state index contributed by atoms with van der Waals surface area (Å²) in [4.78, 5) is 12.0. The van der Waals surface area contributed by atoms with Crippen molar-refractivity contribution in [2.75, 3.05) is 13.7 Å². The minimum Gasteiger partial charge on any atom is -0.493 e. The molecule has 0 radical (unpaired) electrons. The fourth-order valence-electron chi connectivity index (χ4n) is 2.11. The van der Waals surface area contributed by atoms with E-state index in [2.05, 4.69) is 15.9 Å². The summed E-state index contributed by atoms with van der Waals surface area (Å²) < 4.78 is 17.0. The van der Waals surface area contributed by atoms with Crippen LogP contribution in [0.3, 0.4) is 0 Å². The van der Waals surface area contributed by atoms with Gasteiger partial charge in [0, 0.05) is 6.08 Å². The van der Waals surface area contributed by atoms with Crippen LogP contribution in [0.1, 0.15) is 24.5 Å². The van der Waals surface area contributed by atoms with Crippen molar-refractivity contribution in [2.24, 2.45) is 0 Å². The lowest BCUT2D eigenvalue weighted by Crippen LogP contribution is -2.04. The number of ether oxygens (including phenoxy) is 3. The molecule has 2 rings (SSSR count). The minimum atomic E-state index is -0.449. The standard InChI is InChI=1S/C20H21BrO4/c1-4-11-24-18-9-6-15(13-19(18)23-3)7-10-20(22)25-17-8-5-14(2)12-16(17)21/h5-10,12-13H,4,11H2,1-3H3/b10-7+. The number of halogens is 1. The Morgan fingerprint density at radius 3 is 2.56 bits per heavy atom. The van der Waals surface area contributed by atoms with E-state index < -0.39 is 5.97 Å². The summed E-state index contributed by atoms with van der Waals surface area (Å²) in [5.41, 5.74) is 1.90. The number of carbonyl (C=O) groups excluding carboxylic acids is 1. The second-order valence-corrected chi connectivity index (χ2v) is 6.30. The average molecular weight is 405 g/mol. The fraction of sp³-hybridized carbons (Fsp3) is 0.250. The predicted molar refractivity (Wildman–Crippen MR) is 102 cm³/mol. The van der Waals surface area contributed by atoms with Crippen LogP contribution in [0.2, 0.25) is 0 Å². The normalized spacial score (nSPS) is 10.7. The highest BCUT2D eigenvalue weighted by Gasteiger charge is 2.07. The van der Waals surface area contributed by atoms with Crippen LogP contribution in [0, 0.1) is 6.92 Å². The number of esters is 1. The second kappa shape index (κ2) is 9.28. The number of benzene rings is 2. The van der Waals surface area contributed by atoms with Crippen LogP contribution in [-0.4, -0.2) is 19.7 Å². The monoisotopic (exact) mass is 404 g/mol. The summed E-state index contributed by atoms with van der Waals surface area (Å²) in [5.74, 6) is 1.36. The lowest BCUT2D eigenvalue weighted by molar-refractivity contribution is -0.128. The first kappa shape index (κ1) is 19.1. The zero-order chi connectivity index (χ0) is 18.2. The molecule has 0 spiro atoms. The Morgan fingerprint density at radius 2 is 1.88 bits per heavy atom. The topological polar surface area (TPSA) is 44.8 Å². The number of hydrogen-bond donors (Lipinski definition) is 0. The highest BCUT2D eigenvalue weighted by atomic mass is 79.9. The van der Waals surface area contributed by atoms with Crippen molar-refractivity contribution in [1.29, 1.82) is 0 Å². The van der Waals surface area contributed by atoms with E-state index in [4.69, 9.17) is 14.2 Å². The molecule has 2 aromatic carbocycles. The van der Waals surface area contributed by atoms with Crippen LogP contribution in [0.4, 0.5) is 0 Å². The summed E-state index contributed by atoms with van der Waals surface area (Å²) in [5, 5.41) is 0. The van der Waals surface area contributed by atoms with Crippen LogP contribution in [0.15, 0.2) is 46.9 Å². The van der Waals surface area contributed by atoms with Crippen molar-refractivity contribution >= 4 is 28.0 Å². The number of carbonyl (C=O) groups is 1. The maximum Gasteiger partial charge on any atom is 0.336 e. The minimum absolute atomic E-state index is 0.449. The van der Waals surface area contributed by atoms with Gasteiger partial charge in [0.1, 0.15) is 5.75 Å². The van der Waals surface area contributed by atoms with Gasteiger partial charge in [-0.25, -0.2) is 4.79 Å². The van der Waals surface area contributed by atoms with E-state index >= 15 is 0 Å². The van der Waals surface area contributed by atoms with Gasteiger partial charge in [0.2, 0.25) is 0 Å². The van der Waals surface area contributed by atoms with E-state index in [0.717, 1.165) is 22.0 Å². The molecular formula is C20H21BrO4. The Morgan fingerprint density at radius 1 is 1.12 bits per heavy atom. The van der Waals surface area contributed by atoms with Gasteiger partial charge in [-0.15, -0.1) is 0 Å². The highest BCUT2D eigenvalue weighted by Crippen LogP contribution is 2.29. The molecule has 0 N–H and O–H groups in total. The van der Waals surface area contributed by atoms with Gasteiger partial charge < -0.3 is 14.2 Å². The fourth-order valence-corrected chi connectivity index (χ4v) is 2.69. The van der Waals surface area contributed by atoms with Gasteiger partial charge in [0.05, 0.1) is 18.2 Å². The van der Waals surface area contributed by atoms with E-state index in [1.165, 1.54) is 6.08 Å². The number of hydrogen-bond acceptors (Lipinski definition) is 4. The second-order valence-electron chi connectivity index (χ2n) is 5.45. The zero-order valence-corrected chi connectivity index (χ0v) is 16.1. The molecular weight excluding hydrogens is 384 g/mol. The number of aryl methyl sites for hydroxylation is 1. The third kappa shape index (κ3) is 5.64.